The van der Waals surface area contributed by atoms with Gasteiger partial charge < -0.3 is 4.74 Å². The van der Waals surface area contributed by atoms with Crippen LogP contribution in [0.15, 0.2) is 53.4 Å². The number of nitrogens with zero attached hydrogens (tertiary/aromatic N) is 1. The van der Waals surface area contributed by atoms with Gasteiger partial charge in [-0.25, -0.2) is 8.42 Å². The van der Waals surface area contributed by atoms with E-state index in [-0.39, 0.29) is 12.1 Å². The van der Waals surface area contributed by atoms with Gasteiger partial charge in [-0.05, 0) is 74.9 Å². The van der Waals surface area contributed by atoms with Gasteiger partial charge in [0.15, 0.2) is 0 Å². The summed E-state index contributed by atoms with van der Waals surface area (Å²) in [4.78, 5) is 0.315. The van der Waals surface area contributed by atoms with Gasteiger partial charge in [-0.3, -0.25) is 4.31 Å². The zero-order valence-electron chi connectivity index (χ0n) is 14.4. The van der Waals surface area contributed by atoms with Gasteiger partial charge in [0.05, 0.1) is 16.7 Å². The molecule has 0 spiro atoms. The van der Waals surface area contributed by atoms with Gasteiger partial charge >= 0.3 is 0 Å². The van der Waals surface area contributed by atoms with Crippen molar-refractivity contribution < 1.29 is 13.2 Å². The summed E-state index contributed by atoms with van der Waals surface area (Å²) in [5.41, 5.74) is 1.88. The van der Waals surface area contributed by atoms with Crippen LogP contribution in [-0.2, 0) is 16.4 Å². The number of ether oxygens (including phenoxy) is 1. The largest absolute Gasteiger partial charge is 0.490 e. The fraction of sp³-hybridized carbons (Fsp3) is 0.400. The van der Waals surface area contributed by atoms with Crippen molar-refractivity contribution in [1.82, 2.24) is 0 Å². The quantitative estimate of drug-likeness (QED) is 0.826. The van der Waals surface area contributed by atoms with E-state index < -0.39 is 10.0 Å². The molecule has 1 aliphatic heterocycles. The number of sulfonamides is 1. The number of para-hydroxylation sites is 1. The minimum atomic E-state index is -3.57. The normalized spacial score (nSPS) is 20.7. The summed E-state index contributed by atoms with van der Waals surface area (Å²) >= 11 is 0. The summed E-state index contributed by atoms with van der Waals surface area (Å²) in [6.07, 6.45) is 5.61. The maximum Gasteiger partial charge on any atom is 0.264 e. The van der Waals surface area contributed by atoms with Gasteiger partial charge in [0.2, 0.25) is 0 Å². The lowest BCUT2D eigenvalue weighted by molar-refractivity contribution is 0.210. The summed E-state index contributed by atoms with van der Waals surface area (Å²) in [5, 5.41) is 0. The Morgan fingerprint density at radius 2 is 1.68 bits per heavy atom. The number of rotatable bonds is 4. The molecule has 2 aromatic carbocycles. The Morgan fingerprint density at radius 3 is 2.40 bits per heavy atom. The van der Waals surface area contributed by atoms with Crippen LogP contribution in [0.1, 0.15) is 38.2 Å². The van der Waals surface area contributed by atoms with Crippen LogP contribution in [0.25, 0.3) is 0 Å². The summed E-state index contributed by atoms with van der Waals surface area (Å²) in [7, 11) is -3.57. The highest BCUT2D eigenvalue weighted by Crippen LogP contribution is 2.36. The third-order valence-electron chi connectivity index (χ3n) is 5.13. The molecular formula is C20H23NO3S. The minimum absolute atomic E-state index is 0.0724. The Balaban J connectivity index is 1.60. The molecule has 2 aromatic rings. The molecule has 1 aliphatic carbocycles. The zero-order valence-corrected chi connectivity index (χ0v) is 15.2. The van der Waals surface area contributed by atoms with Crippen LogP contribution < -0.4 is 9.04 Å². The molecule has 25 heavy (non-hydrogen) atoms. The van der Waals surface area contributed by atoms with Crippen molar-refractivity contribution in [2.24, 2.45) is 0 Å². The predicted octanol–water partition coefficient (Wildman–Crippen LogP) is 4.15. The van der Waals surface area contributed by atoms with Crippen molar-refractivity contribution in [3.05, 3.63) is 54.1 Å². The lowest BCUT2D eigenvalue weighted by Gasteiger charge is -2.24. The van der Waals surface area contributed by atoms with Crippen LogP contribution in [0.3, 0.4) is 0 Å². The Morgan fingerprint density at radius 1 is 1.00 bits per heavy atom. The Bertz CT molecular complexity index is 855. The Kier molecular flexibility index (Phi) is 4.20. The van der Waals surface area contributed by atoms with E-state index in [1.165, 1.54) is 12.8 Å². The first-order valence-corrected chi connectivity index (χ1v) is 10.4. The number of hydrogen-bond donors (Lipinski definition) is 0. The van der Waals surface area contributed by atoms with E-state index >= 15 is 0 Å². The highest BCUT2D eigenvalue weighted by molar-refractivity contribution is 7.92. The minimum Gasteiger partial charge on any atom is -0.490 e. The first kappa shape index (κ1) is 16.5. The fourth-order valence-corrected chi connectivity index (χ4v) is 5.60. The molecule has 1 unspecified atom stereocenters. The second-order valence-corrected chi connectivity index (χ2v) is 8.79. The molecular weight excluding hydrogens is 334 g/mol. The van der Waals surface area contributed by atoms with Crippen molar-refractivity contribution in [3.63, 3.8) is 0 Å². The molecule has 132 valence electrons. The van der Waals surface area contributed by atoms with Gasteiger partial charge in [-0.1, -0.05) is 18.2 Å². The molecule has 1 fully saturated rings. The van der Waals surface area contributed by atoms with Crippen molar-refractivity contribution >= 4 is 15.7 Å². The predicted molar refractivity (Wildman–Crippen MR) is 98.6 cm³/mol. The lowest BCUT2D eigenvalue weighted by atomic mass is 10.1. The van der Waals surface area contributed by atoms with Crippen LogP contribution in [-0.4, -0.2) is 20.6 Å². The van der Waals surface area contributed by atoms with E-state index in [0.29, 0.717) is 4.90 Å². The van der Waals surface area contributed by atoms with Gasteiger partial charge in [-0.15, -0.1) is 0 Å². The highest BCUT2D eigenvalue weighted by Gasteiger charge is 2.35. The van der Waals surface area contributed by atoms with E-state index in [0.717, 1.165) is 36.3 Å². The molecule has 4 nitrogen and oxygen atoms in total. The smallest absolute Gasteiger partial charge is 0.264 e. The summed E-state index contributed by atoms with van der Waals surface area (Å²) in [5.74, 6) is 0.751. The third kappa shape index (κ3) is 3.01. The van der Waals surface area contributed by atoms with Crippen molar-refractivity contribution in [2.75, 3.05) is 4.31 Å². The monoisotopic (exact) mass is 357 g/mol. The molecule has 4 rings (SSSR count). The van der Waals surface area contributed by atoms with E-state index in [1.807, 2.05) is 31.2 Å². The maximum atomic E-state index is 13.1. The van der Waals surface area contributed by atoms with Crippen molar-refractivity contribution in [1.29, 1.82) is 0 Å². The van der Waals surface area contributed by atoms with Gasteiger partial charge in [0.25, 0.3) is 10.0 Å². The van der Waals surface area contributed by atoms with Gasteiger partial charge in [0.1, 0.15) is 5.75 Å². The number of anilines is 1. The van der Waals surface area contributed by atoms with Crippen LogP contribution in [0.4, 0.5) is 5.69 Å². The van der Waals surface area contributed by atoms with Crippen LogP contribution in [0.5, 0.6) is 5.75 Å². The van der Waals surface area contributed by atoms with E-state index in [2.05, 4.69) is 0 Å². The average molecular weight is 357 g/mol. The summed E-state index contributed by atoms with van der Waals surface area (Å²) in [6, 6.07) is 14.5. The number of hydrogen-bond acceptors (Lipinski definition) is 3. The molecule has 0 saturated heterocycles. The van der Waals surface area contributed by atoms with E-state index in [1.54, 1.807) is 28.6 Å². The second kappa shape index (κ2) is 6.37. The van der Waals surface area contributed by atoms with Crippen molar-refractivity contribution in [2.45, 2.75) is 56.1 Å². The standard InChI is InChI=1S/C20H23NO3S/c1-15-14-16-6-2-5-9-20(16)21(15)25(22,23)19-12-10-18(11-13-19)24-17-7-3-4-8-17/h2,5-6,9-13,15,17H,3-4,7-8,14H2,1H3. The first-order valence-electron chi connectivity index (χ1n) is 8.95. The van der Waals surface area contributed by atoms with E-state index in [4.69, 9.17) is 4.74 Å². The molecule has 1 heterocycles. The summed E-state index contributed by atoms with van der Waals surface area (Å²) < 4.78 is 33.8. The SMILES string of the molecule is CC1Cc2ccccc2N1S(=O)(=O)c1ccc(OC2CCCC2)cc1. The molecule has 0 N–H and O–H groups in total. The fourth-order valence-electron chi connectivity index (χ4n) is 3.91. The lowest BCUT2D eigenvalue weighted by Crippen LogP contribution is -2.35. The van der Waals surface area contributed by atoms with Crippen LogP contribution >= 0.6 is 0 Å². The number of benzene rings is 2. The van der Waals surface area contributed by atoms with Crippen molar-refractivity contribution in [3.8, 4) is 5.75 Å². The average Bonchev–Trinajstić information content (AvgIpc) is 3.21. The molecule has 5 heteroatoms. The maximum absolute atomic E-state index is 13.1. The molecule has 0 aromatic heterocycles. The van der Waals surface area contributed by atoms with Gasteiger partial charge in [0, 0.05) is 6.04 Å². The molecule has 2 aliphatic rings. The molecule has 0 radical (unpaired) electrons. The second-order valence-electron chi connectivity index (χ2n) is 6.98. The molecule has 0 bridgehead atoms. The number of fused-ring (bicyclic) bond motifs is 1. The first-order chi connectivity index (χ1) is 12.1. The molecule has 1 atom stereocenters. The highest BCUT2D eigenvalue weighted by atomic mass is 32.2. The zero-order chi connectivity index (χ0) is 17.4. The van der Waals surface area contributed by atoms with E-state index in [9.17, 15) is 8.42 Å². The summed E-state index contributed by atoms with van der Waals surface area (Å²) in [6.45, 7) is 1.95. The topological polar surface area (TPSA) is 46.6 Å². The Hall–Kier alpha value is -2.01. The third-order valence-corrected chi connectivity index (χ3v) is 7.07. The molecule has 1 saturated carbocycles. The van der Waals surface area contributed by atoms with Gasteiger partial charge in [-0.2, -0.15) is 0 Å². The van der Waals surface area contributed by atoms with Crippen LogP contribution in [0, 0.1) is 0 Å². The van der Waals surface area contributed by atoms with Crippen LogP contribution in [0.2, 0.25) is 0 Å². The molecule has 0 amide bonds. The Labute approximate surface area is 149 Å².